The summed E-state index contributed by atoms with van der Waals surface area (Å²) in [7, 11) is -3.45. The molecule has 0 spiro atoms. The summed E-state index contributed by atoms with van der Waals surface area (Å²) in [5.74, 6) is 0.114. The van der Waals surface area contributed by atoms with Crippen molar-refractivity contribution in [2.75, 3.05) is 13.1 Å². The summed E-state index contributed by atoms with van der Waals surface area (Å²) < 4.78 is 27.3. The minimum absolute atomic E-state index is 0.114. The molecule has 0 N–H and O–H groups in total. The number of hydrogen-bond acceptors (Lipinski definition) is 6. The number of rotatable bonds is 3. The van der Waals surface area contributed by atoms with Gasteiger partial charge in [0.15, 0.2) is 4.21 Å². The van der Waals surface area contributed by atoms with Crippen molar-refractivity contribution in [3.63, 3.8) is 0 Å². The Balaban J connectivity index is 1.84. The number of nitrogens with zero attached hydrogens (tertiary/aromatic N) is 4. The zero-order valence-corrected chi connectivity index (χ0v) is 13.5. The number of aromatic nitrogens is 3. The normalized spacial score (nSPS) is 20.0. The van der Waals surface area contributed by atoms with E-state index in [1.807, 2.05) is 6.92 Å². The molecule has 112 valence electrons. The summed E-state index contributed by atoms with van der Waals surface area (Å²) in [6.07, 6.45) is 5.75. The van der Waals surface area contributed by atoms with Crippen LogP contribution >= 0.6 is 11.3 Å². The molecule has 6 nitrogen and oxygen atoms in total. The average molecular weight is 324 g/mol. The van der Waals surface area contributed by atoms with Crippen LogP contribution in [0.15, 0.2) is 22.8 Å². The van der Waals surface area contributed by atoms with Gasteiger partial charge in [-0.1, -0.05) is 0 Å². The smallest absolute Gasteiger partial charge is 0.254 e. The van der Waals surface area contributed by atoms with Crippen LogP contribution in [0.4, 0.5) is 0 Å². The maximum absolute atomic E-state index is 12.7. The molecule has 1 fully saturated rings. The summed E-state index contributed by atoms with van der Waals surface area (Å²) in [6.45, 7) is 4.53. The van der Waals surface area contributed by atoms with Gasteiger partial charge in [0.1, 0.15) is 0 Å². The molecule has 0 bridgehead atoms. The quantitative estimate of drug-likeness (QED) is 0.859. The van der Waals surface area contributed by atoms with E-state index in [1.54, 1.807) is 25.5 Å². The molecule has 21 heavy (non-hydrogen) atoms. The highest BCUT2D eigenvalue weighted by molar-refractivity contribution is 7.91. The molecule has 0 aromatic carbocycles. The molecule has 0 amide bonds. The fraction of sp³-hybridized carbons (Fsp3) is 0.462. The molecule has 2 aromatic rings. The van der Waals surface area contributed by atoms with Crippen molar-refractivity contribution >= 4 is 21.4 Å². The Morgan fingerprint density at radius 3 is 2.76 bits per heavy atom. The minimum atomic E-state index is -3.45. The molecule has 3 heterocycles. The van der Waals surface area contributed by atoms with Gasteiger partial charge in [-0.25, -0.2) is 13.4 Å². The van der Waals surface area contributed by atoms with Crippen LogP contribution in [0.3, 0.4) is 0 Å². The summed E-state index contributed by atoms with van der Waals surface area (Å²) in [6, 6.07) is 0. The first-order valence-electron chi connectivity index (χ1n) is 6.68. The predicted octanol–water partition coefficient (Wildman–Crippen LogP) is 1.73. The zero-order valence-electron chi connectivity index (χ0n) is 11.9. The van der Waals surface area contributed by atoms with E-state index in [2.05, 4.69) is 15.0 Å². The number of sulfonamides is 1. The van der Waals surface area contributed by atoms with Gasteiger partial charge >= 0.3 is 0 Å². The van der Waals surface area contributed by atoms with E-state index in [0.29, 0.717) is 23.0 Å². The van der Waals surface area contributed by atoms with Gasteiger partial charge in [-0.2, -0.15) is 4.31 Å². The fourth-order valence-electron chi connectivity index (χ4n) is 2.58. The molecule has 0 unspecified atom stereocenters. The van der Waals surface area contributed by atoms with Gasteiger partial charge in [0.25, 0.3) is 10.0 Å². The maximum atomic E-state index is 12.7. The molecule has 1 atom stereocenters. The van der Waals surface area contributed by atoms with Crippen LogP contribution in [0, 0.1) is 13.8 Å². The number of hydrogen-bond donors (Lipinski definition) is 0. The Morgan fingerprint density at radius 1 is 1.33 bits per heavy atom. The van der Waals surface area contributed by atoms with Crippen molar-refractivity contribution in [3.8, 4) is 0 Å². The largest absolute Gasteiger partial charge is 0.261 e. The first kappa shape index (κ1) is 14.6. The lowest BCUT2D eigenvalue weighted by Gasteiger charge is -2.15. The molecule has 3 rings (SSSR count). The SMILES string of the molecule is Cc1nc(C)c(S(=O)(=O)N2CC[C@H](c3cnccn3)C2)s1. The van der Waals surface area contributed by atoms with Gasteiger partial charge < -0.3 is 0 Å². The van der Waals surface area contributed by atoms with Crippen molar-refractivity contribution in [2.45, 2.75) is 30.4 Å². The Bertz CT molecular complexity index is 743. The highest BCUT2D eigenvalue weighted by atomic mass is 32.2. The molecule has 1 saturated heterocycles. The third-order valence-corrected chi connectivity index (χ3v) is 7.11. The molecular weight excluding hydrogens is 308 g/mol. The van der Waals surface area contributed by atoms with E-state index >= 15 is 0 Å². The Hall–Kier alpha value is -1.38. The van der Waals surface area contributed by atoms with Crippen LogP contribution in [0.2, 0.25) is 0 Å². The van der Waals surface area contributed by atoms with E-state index in [9.17, 15) is 8.42 Å². The van der Waals surface area contributed by atoms with Gasteiger partial charge in [-0.3, -0.25) is 9.97 Å². The molecule has 0 saturated carbocycles. The van der Waals surface area contributed by atoms with Crippen LogP contribution < -0.4 is 0 Å². The Morgan fingerprint density at radius 2 is 2.14 bits per heavy atom. The highest BCUT2D eigenvalue weighted by Crippen LogP contribution is 2.32. The second kappa shape index (κ2) is 5.43. The molecule has 2 aromatic heterocycles. The third-order valence-electron chi connectivity index (χ3n) is 3.59. The van der Waals surface area contributed by atoms with Crippen LogP contribution in [0.1, 0.15) is 28.7 Å². The molecule has 0 aliphatic carbocycles. The summed E-state index contributed by atoms with van der Waals surface area (Å²) in [5.41, 5.74) is 1.44. The van der Waals surface area contributed by atoms with Crippen LogP contribution in [-0.4, -0.2) is 40.8 Å². The van der Waals surface area contributed by atoms with Crippen LogP contribution in [-0.2, 0) is 10.0 Å². The standard InChI is InChI=1S/C13H16N4O2S2/c1-9-13(20-10(2)16-9)21(18,19)17-6-3-11(8-17)12-7-14-4-5-15-12/h4-5,7,11H,3,6,8H2,1-2H3/t11-/m0/s1. The van der Waals surface area contributed by atoms with Crippen molar-refractivity contribution in [1.82, 2.24) is 19.3 Å². The second-order valence-corrected chi connectivity index (χ2v) is 8.42. The summed E-state index contributed by atoms with van der Waals surface area (Å²) >= 11 is 1.24. The Labute approximate surface area is 127 Å². The van der Waals surface area contributed by atoms with Crippen LogP contribution in [0.5, 0.6) is 0 Å². The van der Waals surface area contributed by atoms with Crippen molar-refractivity contribution < 1.29 is 8.42 Å². The van der Waals surface area contributed by atoms with E-state index < -0.39 is 10.0 Å². The van der Waals surface area contributed by atoms with Crippen molar-refractivity contribution in [1.29, 1.82) is 0 Å². The average Bonchev–Trinajstić information content (AvgIpc) is 3.07. The lowest BCUT2D eigenvalue weighted by atomic mass is 10.1. The number of aryl methyl sites for hydroxylation is 2. The molecule has 8 heteroatoms. The van der Waals surface area contributed by atoms with Gasteiger partial charge in [-0.05, 0) is 20.3 Å². The van der Waals surface area contributed by atoms with E-state index in [-0.39, 0.29) is 5.92 Å². The lowest BCUT2D eigenvalue weighted by molar-refractivity contribution is 0.473. The second-order valence-electron chi connectivity index (χ2n) is 5.08. The van der Waals surface area contributed by atoms with Crippen LogP contribution in [0.25, 0.3) is 0 Å². The minimum Gasteiger partial charge on any atom is -0.261 e. The zero-order chi connectivity index (χ0) is 15.0. The van der Waals surface area contributed by atoms with Gasteiger partial charge in [0.2, 0.25) is 0 Å². The third kappa shape index (κ3) is 2.70. The van der Waals surface area contributed by atoms with Crippen molar-refractivity contribution in [2.24, 2.45) is 0 Å². The monoisotopic (exact) mass is 324 g/mol. The van der Waals surface area contributed by atoms with E-state index in [1.165, 1.54) is 15.6 Å². The van der Waals surface area contributed by atoms with Gasteiger partial charge in [-0.15, -0.1) is 11.3 Å². The van der Waals surface area contributed by atoms with Gasteiger partial charge in [0.05, 0.1) is 16.4 Å². The van der Waals surface area contributed by atoms with E-state index in [0.717, 1.165) is 17.1 Å². The first-order valence-corrected chi connectivity index (χ1v) is 8.94. The molecular formula is C13H16N4O2S2. The molecule has 1 aliphatic heterocycles. The summed E-state index contributed by atoms with van der Waals surface area (Å²) in [5, 5.41) is 0.774. The topological polar surface area (TPSA) is 76.1 Å². The van der Waals surface area contributed by atoms with E-state index in [4.69, 9.17) is 0 Å². The van der Waals surface area contributed by atoms with Crippen molar-refractivity contribution in [3.05, 3.63) is 35.0 Å². The predicted molar refractivity (Wildman–Crippen MR) is 79.7 cm³/mol. The Kier molecular flexibility index (Phi) is 3.76. The van der Waals surface area contributed by atoms with Gasteiger partial charge in [0, 0.05) is 37.6 Å². The highest BCUT2D eigenvalue weighted by Gasteiger charge is 2.35. The molecule has 1 aliphatic rings. The maximum Gasteiger partial charge on any atom is 0.254 e. The summed E-state index contributed by atoms with van der Waals surface area (Å²) in [4.78, 5) is 12.5. The fourth-order valence-corrected chi connectivity index (χ4v) is 5.70. The molecule has 0 radical (unpaired) electrons. The number of thiazole rings is 1. The lowest BCUT2D eigenvalue weighted by Crippen LogP contribution is -2.28. The first-order chi connectivity index (χ1) is 9.98.